The fourth-order valence-corrected chi connectivity index (χ4v) is 6.65. The topological polar surface area (TPSA) is 253 Å². The van der Waals surface area contributed by atoms with E-state index in [1.54, 1.807) is 13.8 Å². The third-order valence-electron chi connectivity index (χ3n) is 9.36. The van der Waals surface area contributed by atoms with E-state index in [0.717, 1.165) is 30.4 Å². The molecule has 1 rings (SSSR count). The molecule has 1 saturated carbocycles. The number of unbranched alkanes of at least 4 members (excludes halogenated alkanes) is 2. The molecule has 0 aromatic carbocycles. The van der Waals surface area contributed by atoms with Crippen molar-refractivity contribution in [1.29, 1.82) is 0 Å². The largest absolute Gasteiger partial charge is 0.508 e. The zero-order valence-corrected chi connectivity index (χ0v) is 37.4. The van der Waals surface area contributed by atoms with E-state index in [1.807, 2.05) is 13.8 Å². The second-order valence-corrected chi connectivity index (χ2v) is 16.1. The summed E-state index contributed by atoms with van der Waals surface area (Å²) in [6.45, 7) is 20.5. The maximum atomic E-state index is 13.6. The minimum atomic E-state index is -1.64. The van der Waals surface area contributed by atoms with Crippen molar-refractivity contribution in [1.82, 2.24) is 10.6 Å². The van der Waals surface area contributed by atoms with Crippen molar-refractivity contribution < 1.29 is 85.7 Å². The Labute approximate surface area is 374 Å². The summed E-state index contributed by atoms with van der Waals surface area (Å²) in [4.78, 5) is 98.7. The number of hydrogen-bond acceptors (Lipinski definition) is 18. The molecule has 0 heterocycles. The summed E-state index contributed by atoms with van der Waals surface area (Å²) in [6, 6.07) is -0.411. The molecule has 0 saturated heterocycles. The summed E-state index contributed by atoms with van der Waals surface area (Å²) in [5.41, 5.74) is -4.51. The van der Waals surface area contributed by atoms with Gasteiger partial charge in [-0.25, -0.2) is 38.4 Å². The molecule has 0 bridgehead atoms. The van der Waals surface area contributed by atoms with Crippen LogP contribution < -0.4 is 10.6 Å². The molecular weight excluding hydrogens is 844 g/mol. The van der Waals surface area contributed by atoms with Crippen molar-refractivity contribution in [3.63, 3.8) is 0 Å². The van der Waals surface area contributed by atoms with Gasteiger partial charge in [0, 0.05) is 42.0 Å². The van der Waals surface area contributed by atoms with Crippen LogP contribution in [0.25, 0.3) is 0 Å². The lowest BCUT2D eigenvalue weighted by molar-refractivity contribution is -0.166. The van der Waals surface area contributed by atoms with E-state index in [2.05, 4.69) is 43.5 Å². The SMILES string of the molecule is C=CC(=O)OCC(COCC(COC(=O)C=C)(COC(=O)C=C)COC(=O)NC1(C)CC(NC(=O)OCCCCCOC(=O)OCC)CC(C)(C)C1)(COC(=O)C=C)COC(=O)C=C. The first-order valence-electron chi connectivity index (χ1n) is 20.4. The monoisotopic (exact) mass is 908 g/mol. The Hall–Kier alpha value is -6.18. The van der Waals surface area contributed by atoms with Crippen LogP contribution in [0.1, 0.15) is 66.2 Å². The molecule has 2 atom stereocenters. The van der Waals surface area contributed by atoms with E-state index in [4.69, 9.17) is 47.4 Å². The summed E-state index contributed by atoms with van der Waals surface area (Å²) in [5, 5.41) is 5.77. The van der Waals surface area contributed by atoms with Crippen molar-refractivity contribution in [2.45, 2.75) is 77.8 Å². The highest BCUT2D eigenvalue weighted by atomic mass is 16.7. The predicted molar refractivity (Wildman–Crippen MR) is 227 cm³/mol. The summed E-state index contributed by atoms with van der Waals surface area (Å²) in [7, 11) is 0. The van der Waals surface area contributed by atoms with E-state index < -0.39 is 123 Å². The van der Waals surface area contributed by atoms with Gasteiger partial charge in [-0.05, 0) is 57.8 Å². The number of alkyl carbamates (subject to hydrolysis) is 2. The molecule has 20 nitrogen and oxygen atoms in total. The maximum absolute atomic E-state index is 13.6. The molecule has 0 aromatic rings. The molecule has 0 aliphatic heterocycles. The number of ether oxygens (including phenoxy) is 10. The quantitative estimate of drug-likeness (QED) is 0.0427. The van der Waals surface area contributed by atoms with Gasteiger partial charge in [0.2, 0.25) is 0 Å². The normalized spacial score (nSPS) is 16.5. The molecule has 2 unspecified atom stereocenters. The first-order chi connectivity index (χ1) is 30.2. The molecule has 0 spiro atoms. The fraction of sp³-hybridized carbons (Fsp3) is 0.591. The molecular formula is C44H64N2O18. The van der Waals surface area contributed by atoms with Gasteiger partial charge in [-0.2, -0.15) is 0 Å². The second kappa shape index (κ2) is 28.5. The first-order valence-corrected chi connectivity index (χ1v) is 20.4. The molecule has 20 heteroatoms. The number of carbonyl (C=O) groups excluding carboxylic acids is 8. The van der Waals surface area contributed by atoms with E-state index in [0.29, 0.717) is 38.5 Å². The molecule has 0 aromatic heterocycles. The lowest BCUT2D eigenvalue weighted by Gasteiger charge is -2.46. The van der Waals surface area contributed by atoms with Gasteiger partial charge in [0.05, 0.1) is 43.9 Å². The molecule has 1 aliphatic rings. The second-order valence-electron chi connectivity index (χ2n) is 16.1. The van der Waals surface area contributed by atoms with Crippen molar-refractivity contribution in [2.75, 3.05) is 72.7 Å². The average Bonchev–Trinajstić information content (AvgIpc) is 3.25. The smallest absolute Gasteiger partial charge is 0.462 e. The highest BCUT2D eigenvalue weighted by molar-refractivity contribution is 5.83. The van der Waals surface area contributed by atoms with Gasteiger partial charge in [0.25, 0.3) is 0 Å². The number of nitrogens with one attached hydrogen (secondary N) is 2. The zero-order chi connectivity index (χ0) is 48.2. The van der Waals surface area contributed by atoms with Crippen LogP contribution in [0, 0.1) is 16.2 Å². The number of amides is 2. The number of rotatable bonds is 30. The van der Waals surface area contributed by atoms with Crippen LogP contribution in [0.4, 0.5) is 14.4 Å². The van der Waals surface area contributed by atoms with E-state index in [9.17, 15) is 38.4 Å². The first kappa shape index (κ1) is 55.8. The summed E-state index contributed by atoms with van der Waals surface area (Å²) < 4.78 is 53.3. The molecule has 2 N–H and O–H groups in total. The van der Waals surface area contributed by atoms with Crippen LogP contribution in [0.5, 0.6) is 0 Å². The van der Waals surface area contributed by atoms with Gasteiger partial charge < -0.3 is 58.0 Å². The molecule has 1 fully saturated rings. The third kappa shape index (κ3) is 22.8. The van der Waals surface area contributed by atoms with Crippen LogP contribution in [0.2, 0.25) is 0 Å². The molecule has 1 aliphatic carbocycles. The van der Waals surface area contributed by atoms with Crippen molar-refractivity contribution in [2.24, 2.45) is 16.2 Å². The molecule has 358 valence electrons. The fourth-order valence-electron chi connectivity index (χ4n) is 6.65. The predicted octanol–water partition coefficient (Wildman–Crippen LogP) is 4.76. The van der Waals surface area contributed by atoms with Crippen LogP contribution in [-0.2, 0) is 71.3 Å². The standard InChI is InChI=1S/C44H64N2O18/c1-10-33(47)59-26-43(27-60-34(48)11-2,28-61-35(49)12-3)24-55-25-44(29-62-36(50)13-4,30-63-37(51)14-5)31-64-39(53)46-42(9)22-32(21-41(7,8)23-42)45-38(52)57-19-17-16-18-20-58-40(54)56-15-6/h10-14,32H,1-5,15-31H2,6-9H3,(H,45,52)(H,46,53). The highest BCUT2D eigenvalue weighted by Crippen LogP contribution is 2.41. The minimum absolute atomic E-state index is 0.133. The van der Waals surface area contributed by atoms with Gasteiger partial charge in [0.15, 0.2) is 0 Å². The Balaban J connectivity index is 3.26. The lowest BCUT2D eigenvalue weighted by Crippen LogP contribution is -2.58. The van der Waals surface area contributed by atoms with Crippen molar-refractivity contribution >= 4 is 48.2 Å². The van der Waals surface area contributed by atoms with Crippen LogP contribution in [0.3, 0.4) is 0 Å². The molecule has 2 amide bonds. The van der Waals surface area contributed by atoms with E-state index >= 15 is 0 Å². The Bertz CT molecular complexity index is 1570. The number of carbonyl (C=O) groups is 8. The molecule has 0 radical (unpaired) electrons. The summed E-state index contributed by atoms with van der Waals surface area (Å²) >= 11 is 0. The number of hydrogen-bond donors (Lipinski definition) is 2. The van der Waals surface area contributed by atoms with Gasteiger partial charge in [-0.3, -0.25) is 0 Å². The van der Waals surface area contributed by atoms with Crippen LogP contribution in [0.15, 0.2) is 63.3 Å². The van der Waals surface area contributed by atoms with E-state index in [-0.39, 0.29) is 25.2 Å². The number of esters is 5. The van der Waals surface area contributed by atoms with Crippen molar-refractivity contribution in [3.8, 4) is 0 Å². The Morgan fingerprint density at radius 1 is 0.531 bits per heavy atom. The van der Waals surface area contributed by atoms with Crippen LogP contribution in [-0.4, -0.2) is 132 Å². The third-order valence-corrected chi connectivity index (χ3v) is 9.36. The highest BCUT2D eigenvalue weighted by Gasteiger charge is 2.44. The maximum Gasteiger partial charge on any atom is 0.508 e. The molecule has 64 heavy (non-hydrogen) atoms. The van der Waals surface area contributed by atoms with Gasteiger partial charge in [0.1, 0.15) is 39.6 Å². The average molecular weight is 909 g/mol. The van der Waals surface area contributed by atoms with Gasteiger partial charge >= 0.3 is 48.2 Å². The van der Waals surface area contributed by atoms with Gasteiger partial charge in [-0.1, -0.05) is 46.7 Å². The van der Waals surface area contributed by atoms with Crippen LogP contribution >= 0.6 is 0 Å². The lowest BCUT2D eigenvalue weighted by atomic mass is 9.67. The zero-order valence-electron chi connectivity index (χ0n) is 37.4. The summed E-state index contributed by atoms with van der Waals surface area (Å²) in [6.07, 6.45) is 5.20. The summed E-state index contributed by atoms with van der Waals surface area (Å²) in [5.74, 6) is -4.35. The van der Waals surface area contributed by atoms with Crippen molar-refractivity contribution in [3.05, 3.63) is 63.3 Å². The minimum Gasteiger partial charge on any atom is -0.462 e. The van der Waals surface area contributed by atoms with E-state index in [1.165, 1.54) is 0 Å². The Morgan fingerprint density at radius 2 is 0.938 bits per heavy atom. The van der Waals surface area contributed by atoms with Gasteiger partial charge in [-0.15, -0.1) is 0 Å². The Morgan fingerprint density at radius 3 is 1.34 bits per heavy atom. The Kier molecular flexibility index (Phi) is 24.9.